The summed E-state index contributed by atoms with van der Waals surface area (Å²) in [6, 6.07) is 17.6. The molecule has 1 N–H and O–H groups in total. The summed E-state index contributed by atoms with van der Waals surface area (Å²) in [7, 11) is 0. The lowest BCUT2D eigenvalue weighted by Gasteiger charge is -2.38. The molecule has 0 bridgehead atoms. The fourth-order valence-electron chi connectivity index (χ4n) is 3.06. The maximum Gasteiger partial charge on any atom is 0.0408 e. The van der Waals surface area contributed by atoms with Crippen LogP contribution in [0.3, 0.4) is 0 Å². The second-order valence-corrected chi connectivity index (χ2v) is 7.12. The minimum Gasteiger partial charge on any atom is -0.307 e. The molecule has 0 amide bonds. The Morgan fingerprint density at radius 1 is 1.14 bits per heavy atom. The Labute approximate surface area is 139 Å². The summed E-state index contributed by atoms with van der Waals surface area (Å²) in [6.07, 6.45) is 2.38. The van der Waals surface area contributed by atoms with Gasteiger partial charge in [-0.1, -0.05) is 57.9 Å². The molecule has 0 unspecified atom stereocenters. The normalized spacial score (nSPS) is 22.6. The summed E-state index contributed by atoms with van der Waals surface area (Å²) in [5, 5.41) is 4.56. The van der Waals surface area contributed by atoms with Gasteiger partial charge in [0.15, 0.2) is 0 Å². The molecule has 0 aliphatic heterocycles. The van der Waals surface area contributed by atoms with Crippen LogP contribution in [0.15, 0.2) is 53.0 Å². The Bertz CT molecular complexity index is 622. The van der Waals surface area contributed by atoms with E-state index in [-0.39, 0.29) is 0 Å². The van der Waals surface area contributed by atoms with E-state index in [2.05, 4.69) is 64.6 Å². The van der Waals surface area contributed by atoms with Gasteiger partial charge in [-0.2, -0.15) is 0 Å². The lowest BCUT2D eigenvalue weighted by atomic mass is 9.75. The zero-order valence-electron chi connectivity index (χ0n) is 12.0. The van der Waals surface area contributed by atoms with Gasteiger partial charge in [0.25, 0.3) is 0 Å². The Kier molecular flexibility index (Phi) is 4.68. The van der Waals surface area contributed by atoms with Gasteiger partial charge in [0, 0.05) is 21.6 Å². The average molecular weight is 365 g/mol. The van der Waals surface area contributed by atoms with E-state index >= 15 is 0 Å². The van der Waals surface area contributed by atoms with Crippen molar-refractivity contribution >= 4 is 27.5 Å². The van der Waals surface area contributed by atoms with Gasteiger partial charge in [0.05, 0.1) is 0 Å². The van der Waals surface area contributed by atoms with Gasteiger partial charge in [-0.25, -0.2) is 0 Å². The molecule has 1 aliphatic rings. The van der Waals surface area contributed by atoms with E-state index in [1.807, 2.05) is 12.1 Å². The Morgan fingerprint density at radius 3 is 2.62 bits per heavy atom. The van der Waals surface area contributed by atoms with Gasteiger partial charge in [-0.3, -0.25) is 0 Å². The summed E-state index contributed by atoms with van der Waals surface area (Å²) >= 11 is 9.70. The van der Waals surface area contributed by atoms with Crippen molar-refractivity contribution in [3.63, 3.8) is 0 Å². The van der Waals surface area contributed by atoms with Crippen LogP contribution >= 0.6 is 27.5 Å². The molecule has 1 saturated carbocycles. The predicted octanol–water partition coefficient (Wildman–Crippen LogP) is 5.70. The smallest absolute Gasteiger partial charge is 0.0408 e. The van der Waals surface area contributed by atoms with E-state index in [1.54, 1.807) is 0 Å². The molecule has 0 aromatic heterocycles. The van der Waals surface area contributed by atoms with Crippen molar-refractivity contribution in [1.29, 1.82) is 0 Å². The molecule has 2 aromatic rings. The predicted molar refractivity (Wildman–Crippen MR) is 92.9 cm³/mol. The van der Waals surface area contributed by atoms with Crippen LogP contribution in [-0.4, -0.2) is 6.04 Å². The molecule has 1 atom stereocenters. The number of nitrogens with one attached hydrogen (secondary N) is 1. The summed E-state index contributed by atoms with van der Waals surface area (Å²) in [5.41, 5.74) is 2.69. The van der Waals surface area contributed by atoms with Crippen LogP contribution < -0.4 is 5.32 Å². The van der Waals surface area contributed by atoms with Gasteiger partial charge in [-0.05, 0) is 55.0 Å². The molecule has 2 aromatic carbocycles. The van der Waals surface area contributed by atoms with E-state index in [0.29, 0.717) is 18.0 Å². The maximum absolute atomic E-state index is 6.07. The highest BCUT2D eigenvalue weighted by Gasteiger charge is 2.31. The molecule has 3 heteroatoms. The fraction of sp³-hybridized carbons (Fsp3) is 0.333. The first-order valence-electron chi connectivity index (χ1n) is 7.39. The maximum atomic E-state index is 6.07. The third kappa shape index (κ3) is 3.50. The van der Waals surface area contributed by atoms with E-state index in [9.17, 15) is 0 Å². The van der Waals surface area contributed by atoms with Crippen molar-refractivity contribution < 1.29 is 0 Å². The first-order valence-corrected chi connectivity index (χ1v) is 8.56. The van der Waals surface area contributed by atoms with Crippen molar-refractivity contribution in [2.75, 3.05) is 0 Å². The molecular formula is C18H19BrClN. The molecule has 110 valence electrons. The highest BCUT2D eigenvalue weighted by Crippen LogP contribution is 2.39. The molecule has 0 spiro atoms. The van der Waals surface area contributed by atoms with Gasteiger partial charge in [0.1, 0.15) is 0 Å². The van der Waals surface area contributed by atoms with Crippen molar-refractivity contribution in [3.8, 4) is 0 Å². The quantitative estimate of drug-likeness (QED) is 0.734. The molecule has 1 nitrogen and oxygen atoms in total. The fourth-order valence-corrected chi connectivity index (χ4v) is 3.88. The summed E-state index contributed by atoms with van der Waals surface area (Å²) < 4.78 is 1.18. The molecule has 0 radical (unpaired) electrons. The van der Waals surface area contributed by atoms with E-state index in [1.165, 1.54) is 28.4 Å². The molecule has 1 fully saturated rings. The van der Waals surface area contributed by atoms with Gasteiger partial charge in [-0.15, -0.1) is 0 Å². The summed E-state index contributed by atoms with van der Waals surface area (Å²) in [4.78, 5) is 0. The van der Waals surface area contributed by atoms with E-state index < -0.39 is 0 Å². The van der Waals surface area contributed by atoms with Crippen molar-refractivity contribution in [2.24, 2.45) is 0 Å². The zero-order valence-corrected chi connectivity index (χ0v) is 14.4. The number of hydrogen-bond acceptors (Lipinski definition) is 1. The minimum absolute atomic E-state index is 0.367. The largest absolute Gasteiger partial charge is 0.307 e. The number of benzene rings is 2. The highest BCUT2D eigenvalue weighted by molar-refractivity contribution is 9.10. The lowest BCUT2D eigenvalue weighted by molar-refractivity contribution is 0.270. The second-order valence-electron chi connectivity index (χ2n) is 5.83. The first kappa shape index (κ1) is 15.1. The Morgan fingerprint density at radius 2 is 1.90 bits per heavy atom. The van der Waals surface area contributed by atoms with Crippen molar-refractivity contribution in [1.82, 2.24) is 5.32 Å². The highest BCUT2D eigenvalue weighted by atomic mass is 79.9. The van der Waals surface area contributed by atoms with Gasteiger partial charge >= 0.3 is 0 Å². The third-order valence-electron chi connectivity index (χ3n) is 4.32. The van der Waals surface area contributed by atoms with E-state index in [0.717, 1.165) is 5.02 Å². The van der Waals surface area contributed by atoms with Crippen LogP contribution in [-0.2, 0) is 0 Å². The van der Waals surface area contributed by atoms with Crippen LogP contribution in [0, 0.1) is 0 Å². The summed E-state index contributed by atoms with van der Waals surface area (Å²) in [6.45, 7) is 2.23. The number of hydrogen-bond donors (Lipinski definition) is 1. The second kappa shape index (κ2) is 6.51. The Hall–Kier alpha value is -0.830. The van der Waals surface area contributed by atoms with Crippen molar-refractivity contribution in [3.05, 3.63) is 69.2 Å². The zero-order chi connectivity index (χ0) is 14.8. The molecule has 0 heterocycles. The third-order valence-corrected chi connectivity index (χ3v) is 5.27. The molecular weight excluding hydrogens is 346 g/mol. The van der Waals surface area contributed by atoms with E-state index in [4.69, 9.17) is 11.6 Å². The van der Waals surface area contributed by atoms with Gasteiger partial charge < -0.3 is 5.32 Å². The van der Waals surface area contributed by atoms with Crippen LogP contribution in [0.4, 0.5) is 0 Å². The number of halogens is 2. The lowest BCUT2D eigenvalue weighted by Crippen LogP contribution is -2.41. The van der Waals surface area contributed by atoms with Gasteiger partial charge in [0.2, 0.25) is 0 Å². The summed E-state index contributed by atoms with van der Waals surface area (Å²) in [5.74, 6) is 0.646. The van der Waals surface area contributed by atoms with Crippen LogP contribution in [0.5, 0.6) is 0 Å². The topological polar surface area (TPSA) is 12.0 Å². The Balaban J connectivity index is 1.56. The average Bonchev–Trinajstić information content (AvgIpc) is 2.42. The van der Waals surface area contributed by atoms with Crippen LogP contribution in [0.1, 0.15) is 42.9 Å². The van der Waals surface area contributed by atoms with Crippen molar-refractivity contribution in [2.45, 2.75) is 37.8 Å². The minimum atomic E-state index is 0.367. The molecule has 21 heavy (non-hydrogen) atoms. The standard InChI is InChI=1S/C18H19BrClN/c1-12(17-7-2-3-8-18(17)19)21-16-10-14(11-16)13-5-4-6-15(20)9-13/h2-9,12,14,16,21H,10-11H2,1H3/t12-,14?,16?/m1/s1. The van der Waals surface area contributed by atoms with Crippen LogP contribution in [0.2, 0.25) is 5.02 Å². The number of rotatable bonds is 4. The SMILES string of the molecule is C[C@@H](NC1CC(c2cccc(Cl)c2)C1)c1ccccc1Br. The monoisotopic (exact) mass is 363 g/mol. The molecule has 0 saturated heterocycles. The van der Waals surface area contributed by atoms with Crippen LogP contribution in [0.25, 0.3) is 0 Å². The first-order chi connectivity index (χ1) is 10.1. The molecule has 3 rings (SSSR count). The molecule has 1 aliphatic carbocycles.